The number of benzene rings is 2. The number of aryl methyl sites for hydroxylation is 3. The average Bonchev–Trinajstić information content (AvgIpc) is 3.18. The first-order valence-electron chi connectivity index (χ1n) is 9.25. The molecule has 1 saturated heterocycles. The minimum atomic E-state index is -0.735. The Morgan fingerprint density at radius 1 is 1.00 bits per heavy atom. The summed E-state index contributed by atoms with van der Waals surface area (Å²) in [6.45, 7) is 5.77. The number of carbonyl (C=O) groups is 2. The van der Waals surface area contributed by atoms with Crippen LogP contribution in [-0.4, -0.2) is 21.8 Å². The first kappa shape index (κ1) is 19.1. The van der Waals surface area contributed by atoms with Crippen LogP contribution in [0.5, 0.6) is 0 Å². The largest absolute Gasteiger partial charge is 0.507 e. The Kier molecular flexibility index (Phi) is 4.80. The van der Waals surface area contributed by atoms with Gasteiger partial charge >= 0.3 is 5.91 Å². The van der Waals surface area contributed by atoms with E-state index in [4.69, 9.17) is 0 Å². The summed E-state index contributed by atoms with van der Waals surface area (Å²) in [5.41, 5.74) is 3.20. The zero-order chi connectivity index (χ0) is 20.7. The van der Waals surface area contributed by atoms with Crippen LogP contribution in [0.2, 0.25) is 0 Å². The number of anilines is 1. The number of hydrogen-bond donors (Lipinski definition) is 1. The molecule has 0 radical (unpaired) electrons. The fourth-order valence-electron chi connectivity index (χ4n) is 3.40. The number of aliphatic hydroxyl groups excluding tert-OH is 1. The number of carbonyl (C=O) groups excluding carboxylic acids is 2. The molecule has 1 aliphatic heterocycles. The molecule has 146 valence electrons. The summed E-state index contributed by atoms with van der Waals surface area (Å²) in [5.74, 6) is -1.56. The highest BCUT2D eigenvalue weighted by molar-refractivity contribution is 7.16. The number of aliphatic hydroxyl groups is 1. The van der Waals surface area contributed by atoms with Crippen LogP contribution in [0.25, 0.3) is 5.76 Å². The Hall–Kier alpha value is -3.25. The molecule has 3 aromatic rings. The number of Topliss-reactive ketones (excluding diaryl/α,β-unsaturated/α-hetero) is 1. The van der Waals surface area contributed by atoms with Crippen LogP contribution in [0, 0.1) is 20.8 Å². The zero-order valence-electron chi connectivity index (χ0n) is 16.3. The van der Waals surface area contributed by atoms with Crippen molar-refractivity contribution in [2.24, 2.45) is 0 Å². The van der Waals surface area contributed by atoms with Gasteiger partial charge in [0.25, 0.3) is 5.78 Å². The lowest BCUT2D eigenvalue weighted by atomic mass is 9.95. The summed E-state index contributed by atoms with van der Waals surface area (Å²) in [4.78, 5) is 32.9. The molecule has 1 amide bonds. The fraction of sp³-hybridized carbons (Fsp3) is 0.174. The van der Waals surface area contributed by atoms with Crippen molar-refractivity contribution < 1.29 is 14.7 Å². The molecular formula is C23H20N2O3S. The summed E-state index contributed by atoms with van der Waals surface area (Å²) in [6, 6.07) is 15.7. The first-order chi connectivity index (χ1) is 13.9. The summed E-state index contributed by atoms with van der Waals surface area (Å²) in [6.07, 6.45) is 0. The maximum Gasteiger partial charge on any atom is 0.301 e. The van der Waals surface area contributed by atoms with Crippen molar-refractivity contribution in [1.29, 1.82) is 0 Å². The van der Waals surface area contributed by atoms with E-state index in [0.29, 0.717) is 10.7 Å². The molecule has 1 aromatic heterocycles. The van der Waals surface area contributed by atoms with E-state index in [1.165, 1.54) is 16.2 Å². The van der Waals surface area contributed by atoms with Gasteiger partial charge in [-0.2, -0.15) is 0 Å². The number of nitrogens with zero attached hydrogens (tertiary/aromatic N) is 2. The standard InChI is InChI=1S/C23H20N2O3S/c1-13-9-11-16(12-10-13)19-18(20(26)17-7-5-4-6-8-17)21(27)22(28)25(19)23-24-14(2)15(3)29-23/h4-12,19,26H,1-3H3/b20-18+/t19-/m1/s1. The van der Waals surface area contributed by atoms with Gasteiger partial charge in [0.05, 0.1) is 17.3 Å². The lowest BCUT2D eigenvalue weighted by Gasteiger charge is -2.23. The van der Waals surface area contributed by atoms with E-state index >= 15 is 0 Å². The van der Waals surface area contributed by atoms with Crippen LogP contribution >= 0.6 is 11.3 Å². The molecule has 0 saturated carbocycles. The van der Waals surface area contributed by atoms with Gasteiger partial charge in [-0.1, -0.05) is 60.2 Å². The minimum absolute atomic E-state index is 0.0792. The van der Waals surface area contributed by atoms with Gasteiger partial charge in [-0.3, -0.25) is 14.5 Å². The molecule has 1 atom stereocenters. The topological polar surface area (TPSA) is 70.5 Å². The number of hydrogen-bond acceptors (Lipinski definition) is 5. The Bertz CT molecular complexity index is 1110. The molecule has 6 heteroatoms. The molecule has 2 aromatic carbocycles. The van der Waals surface area contributed by atoms with Crippen LogP contribution < -0.4 is 4.90 Å². The van der Waals surface area contributed by atoms with Crippen molar-refractivity contribution in [3.05, 3.63) is 87.4 Å². The van der Waals surface area contributed by atoms with Crippen LogP contribution in [0.4, 0.5) is 5.13 Å². The highest BCUT2D eigenvalue weighted by Crippen LogP contribution is 2.43. The van der Waals surface area contributed by atoms with Crippen molar-refractivity contribution >= 4 is 33.9 Å². The SMILES string of the molecule is Cc1ccc([C@@H]2/C(=C(\O)c3ccccc3)C(=O)C(=O)N2c2nc(C)c(C)s2)cc1. The lowest BCUT2D eigenvalue weighted by Crippen LogP contribution is -2.29. The van der Waals surface area contributed by atoms with E-state index in [0.717, 1.165) is 21.7 Å². The normalized spacial score (nSPS) is 18.4. The zero-order valence-corrected chi connectivity index (χ0v) is 17.2. The lowest BCUT2D eigenvalue weighted by molar-refractivity contribution is -0.132. The fourth-order valence-corrected chi connectivity index (χ4v) is 4.34. The molecule has 4 rings (SSSR count). The Morgan fingerprint density at radius 3 is 2.24 bits per heavy atom. The molecule has 29 heavy (non-hydrogen) atoms. The van der Waals surface area contributed by atoms with Crippen LogP contribution in [0.15, 0.2) is 60.2 Å². The number of thiazole rings is 1. The summed E-state index contributed by atoms with van der Waals surface area (Å²) >= 11 is 1.37. The van der Waals surface area contributed by atoms with Gasteiger partial charge in [0.15, 0.2) is 5.13 Å². The highest BCUT2D eigenvalue weighted by Gasteiger charge is 2.48. The molecule has 0 spiro atoms. The van der Waals surface area contributed by atoms with Crippen LogP contribution in [-0.2, 0) is 9.59 Å². The van der Waals surface area contributed by atoms with Crippen molar-refractivity contribution in [2.45, 2.75) is 26.8 Å². The Balaban J connectivity index is 1.95. The van der Waals surface area contributed by atoms with E-state index in [1.807, 2.05) is 51.1 Å². The minimum Gasteiger partial charge on any atom is -0.507 e. The van der Waals surface area contributed by atoms with Gasteiger partial charge in [-0.05, 0) is 26.3 Å². The molecule has 0 bridgehead atoms. The summed E-state index contributed by atoms with van der Waals surface area (Å²) in [7, 11) is 0. The highest BCUT2D eigenvalue weighted by atomic mass is 32.1. The van der Waals surface area contributed by atoms with E-state index in [2.05, 4.69) is 4.98 Å². The monoisotopic (exact) mass is 404 g/mol. The van der Waals surface area contributed by atoms with Crippen molar-refractivity contribution in [1.82, 2.24) is 4.98 Å². The quantitative estimate of drug-likeness (QED) is 0.390. The van der Waals surface area contributed by atoms with Crippen LogP contribution in [0.3, 0.4) is 0 Å². The third kappa shape index (κ3) is 3.25. The molecule has 2 heterocycles. The third-order valence-corrected chi connectivity index (χ3v) is 6.18. The Labute approximate surface area is 173 Å². The van der Waals surface area contributed by atoms with Gasteiger partial charge in [-0.25, -0.2) is 4.98 Å². The van der Waals surface area contributed by atoms with E-state index < -0.39 is 17.7 Å². The second-order valence-corrected chi connectivity index (χ2v) is 8.27. The Morgan fingerprint density at radius 2 is 1.66 bits per heavy atom. The van der Waals surface area contributed by atoms with Gasteiger partial charge in [0.1, 0.15) is 5.76 Å². The smallest absolute Gasteiger partial charge is 0.301 e. The third-order valence-electron chi connectivity index (χ3n) is 5.11. The van der Waals surface area contributed by atoms with Crippen LogP contribution in [0.1, 0.15) is 33.3 Å². The summed E-state index contributed by atoms with van der Waals surface area (Å²) < 4.78 is 0. The predicted molar refractivity (Wildman–Crippen MR) is 114 cm³/mol. The van der Waals surface area contributed by atoms with Crippen molar-refractivity contribution in [3.63, 3.8) is 0 Å². The second kappa shape index (κ2) is 7.29. The first-order valence-corrected chi connectivity index (χ1v) is 10.1. The number of aromatic nitrogens is 1. The molecule has 0 aliphatic carbocycles. The van der Waals surface area contributed by atoms with Crippen molar-refractivity contribution in [2.75, 3.05) is 4.90 Å². The molecule has 1 aliphatic rings. The number of ketones is 1. The molecular weight excluding hydrogens is 384 g/mol. The average molecular weight is 404 g/mol. The van der Waals surface area contributed by atoms with E-state index in [1.54, 1.807) is 24.3 Å². The van der Waals surface area contributed by atoms with Gasteiger partial charge < -0.3 is 5.11 Å². The molecule has 5 nitrogen and oxygen atoms in total. The number of rotatable bonds is 3. The predicted octanol–water partition coefficient (Wildman–Crippen LogP) is 4.69. The van der Waals surface area contributed by atoms with Crippen molar-refractivity contribution in [3.8, 4) is 0 Å². The van der Waals surface area contributed by atoms with Gasteiger partial charge in [0, 0.05) is 10.4 Å². The maximum atomic E-state index is 13.0. The second-order valence-electron chi connectivity index (χ2n) is 7.08. The van der Waals surface area contributed by atoms with E-state index in [9.17, 15) is 14.7 Å². The van der Waals surface area contributed by atoms with E-state index in [-0.39, 0.29) is 11.3 Å². The van der Waals surface area contributed by atoms with Gasteiger partial charge in [0.2, 0.25) is 0 Å². The number of amides is 1. The molecule has 1 fully saturated rings. The van der Waals surface area contributed by atoms with Gasteiger partial charge in [-0.15, -0.1) is 11.3 Å². The molecule has 1 N–H and O–H groups in total. The maximum absolute atomic E-state index is 13.0. The summed E-state index contributed by atoms with van der Waals surface area (Å²) in [5, 5.41) is 11.4. The molecule has 0 unspecified atom stereocenters.